The summed E-state index contributed by atoms with van der Waals surface area (Å²) in [6, 6.07) is 8.98. The zero-order valence-corrected chi connectivity index (χ0v) is 19.5. The van der Waals surface area contributed by atoms with Crippen LogP contribution in [0.5, 0.6) is 0 Å². The maximum absolute atomic E-state index is 12.9. The number of aryl methyl sites for hydroxylation is 1. The number of carbonyl (C=O) groups excluding carboxylic acids is 1. The van der Waals surface area contributed by atoms with Crippen molar-refractivity contribution in [2.45, 2.75) is 12.8 Å². The minimum absolute atomic E-state index is 0.00411. The van der Waals surface area contributed by atoms with Crippen molar-refractivity contribution >= 4 is 74.5 Å². The van der Waals surface area contributed by atoms with Crippen LogP contribution in [-0.2, 0) is 11.2 Å². The number of benzene rings is 2. The molecule has 0 saturated carbocycles. The lowest BCUT2D eigenvalue weighted by Crippen LogP contribution is -2.25. The smallest absolute Gasteiger partial charge is 0.276 e. The minimum atomic E-state index is -0.513. The predicted molar refractivity (Wildman–Crippen MR) is 127 cm³/mol. The summed E-state index contributed by atoms with van der Waals surface area (Å²) in [5.41, 5.74) is 0.0837. The number of halogens is 3. The van der Waals surface area contributed by atoms with Gasteiger partial charge >= 0.3 is 0 Å². The molecule has 0 fully saturated rings. The Morgan fingerprint density at radius 3 is 2.64 bits per heavy atom. The SMILES string of the molecule is O=C(CCc1nnc2s/c(=C\c3ccccc3[N+](=O)[O-])c(=O)n12)Nc1cc(Cl)c(Cl)cc1Cl. The molecule has 1 amide bonds. The van der Waals surface area contributed by atoms with Gasteiger partial charge in [-0.2, -0.15) is 0 Å². The predicted octanol–water partition coefficient (Wildman–Crippen LogP) is 4.14. The molecule has 1 N–H and O–H groups in total. The normalized spacial score (nSPS) is 11.8. The third kappa shape index (κ3) is 4.83. The van der Waals surface area contributed by atoms with Gasteiger partial charge in [0, 0.05) is 18.9 Å². The van der Waals surface area contributed by atoms with Crippen LogP contribution in [0.1, 0.15) is 17.8 Å². The van der Waals surface area contributed by atoms with Crippen molar-refractivity contribution in [1.82, 2.24) is 14.6 Å². The minimum Gasteiger partial charge on any atom is -0.325 e. The molecule has 0 atom stereocenters. The van der Waals surface area contributed by atoms with Gasteiger partial charge in [0.25, 0.3) is 11.2 Å². The Morgan fingerprint density at radius 2 is 1.88 bits per heavy atom. The summed E-state index contributed by atoms with van der Waals surface area (Å²) in [4.78, 5) is 36.3. The van der Waals surface area contributed by atoms with E-state index in [-0.39, 0.29) is 44.0 Å². The van der Waals surface area contributed by atoms with Crippen LogP contribution in [0.2, 0.25) is 15.1 Å². The van der Waals surface area contributed by atoms with Crippen LogP contribution in [0.4, 0.5) is 11.4 Å². The first kappa shape index (κ1) is 23.1. The third-order valence-corrected chi connectivity index (χ3v) is 6.59. The van der Waals surface area contributed by atoms with Gasteiger partial charge in [0.1, 0.15) is 5.82 Å². The van der Waals surface area contributed by atoms with Crippen molar-refractivity contribution in [1.29, 1.82) is 0 Å². The highest BCUT2D eigenvalue weighted by Crippen LogP contribution is 2.32. The molecule has 4 rings (SSSR count). The molecule has 0 saturated heterocycles. The van der Waals surface area contributed by atoms with E-state index in [9.17, 15) is 19.7 Å². The molecule has 0 aliphatic carbocycles. The quantitative estimate of drug-likeness (QED) is 0.230. The van der Waals surface area contributed by atoms with Gasteiger partial charge in [-0.25, -0.2) is 4.40 Å². The number of thiazole rings is 1. The van der Waals surface area contributed by atoms with E-state index in [0.717, 1.165) is 11.3 Å². The van der Waals surface area contributed by atoms with E-state index in [1.54, 1.807) is 18.2 Å². The number of nitrogens with one attached hydrogen (secondary N) is 1. The van der Waals surface area contributed by atoms with Gasteiger partial charge in [-0.3, -0.25) is 19.7 Å². The van der Waals surface area contributed by atoms with Crippen LogP contribution in [0.15, 0.2) is 41.2 Å². The molecule has 2 heterocycles. The lowest BCUT2D eigenvalue weighted by molar-refractivity contribution is -0.385. The van der Waals surface area contributed by atoms with Crippen LogP contribution >= 0.6 is 46.1 Å². The number of amides is 1. The van der Waals surface area contributed by atoms with Crippen LogP contribution in [-0.4, -0.2) is 25.4 Å². The molecule has 13 heteroatoms. The van der Waals surface area contributed by atoms with E-state index >= 15 is 0 Å². The molecular formula is C20H12Cl3N5O4S. The number of carbonyl (C=O) groups is 1. The Hall–Kier alpha value is -3.05. The van der Waals surface area contributed by atoms with E-state index in [1.807, 2.05) is 0 Å². The van der Waals surface area contributed by atoms with Crippen molar-refractivity contribution in [3.8, 4) is 0 Å². The molecule has 4 aromatic rings. The van der Waals surface area contributed by atoms with Crippen molar-refractivity contribution in [2.75, 3.05) is 5.32 Å². The van der Waals surface area contributed by atoms with Crippen molar-refractivity contribution < 1.29 is 9.72 Å². The van der Waals surface area contributed by atoms with E-state index < -0.39 is 10.5 Å². The Morgan fingerprint density at radius 1 is 1.15 bits per heavy atom. The molecule has 9 nitrogen and oxygen atoms in total. The largest absolute Gasteiger partial charge is 0.325 e. The molecule has 2 aromatic carbocycles. The second-order valence-electron chi connectivity index (χ2n) is 6.76. The number of aromatic nitrogens is 3. The van der Waals surface area contributed by atoms with Crippen LogP contribution in [0.25, 0.3) is 11.0 Å². The molecule has 0 aliphatic heterocycles. The fraction of sp³-hybridized carbons (Fsp3) is 0.100. The highest BCUT2D eigenvalue weighted by atomic mass is 35.5. The lowest BCUT2D eigenvalue weighted by atomic mass is 10.2. The summed E-state index contributed by atoms with van der Waals surface area (Å²) in [5.74, 6) is -0.0785. The highest BCUT2D eigenvalue weighted by Gasteiger charge is 2.16. The molecule has 2 aromatic heterocycles. The van der Waals surface area contributed by atoms with Gasteiger partial charge in [0.05, 0.1) is 35.8 Å². The van der Waals surface area contributed by atoms with E-state index in [2.05, 4.69) is 15.5 Å². The van der Waals surface area contributed by atoms with Gasteiger partial charge < -0.3 is 5.32 Å². The van der Waals surface area contributed by atoms with Gasteiger partial charge in [-0.05, 0) is 24.3 Å². The van der Waals surface area contributed by atoms with Gasteiger partial charge in [-0.1, -0.05) is 58.3 Å². The first-order chi connectivity index (χ1) is 15.7. The molecule has 0 spiro atoms. The van der Waals surface area contributed by atoms with Crippen LogP contribution < -0.4 is 15.4 Å². The Bertz CT molecular complexity index is 1520. The standard InChI is InChI=1S/C20H12Cl3N5O4S/c21-11-8-13(23)14(9-12(11)22)24-18(29)6-5-17-25-26-20-27(17)19(30)16(33-20)7-10-3-1-2-4-15(10)28(31)32/h1-4,7-9H,5-6H2,(H,24,29)/b16-7-. The Kier molecular flexibility index (Phi) is 6.61. The van der Waals surface area contributed by atoms with E-state index in [4.69, 9.17) is 34.8 Å². The van der Waals surface area contributed by atoms with Crippen LogP contribution in [0.3, 0.4) is 0 Å². The molecule has 0 aliphatic rings. The number of para-hydroxylation sites is 1. The fourth-order valence-electron chi connectivity index (χ4n) is 3.05. The summed E-state index contributed by atoms with van der Waals surface area (Å²) in [5, 5.41) is 22.6. The van der Waals surface area contributed by atoms with Gasteiger partial charge in [0.15, 0.2) is 0 Å². The number of nitro groups is 1. The summed E-state index contributed by atoms with van der Waals surface area (Å²) >= 11 is 19.0. The maximum Gasteiger partial charge on any atom is 0.276 e. The molecule has 0 unspecified atom stereocenters. The summed E-state index contributed by atoms with van der Waals surface area (Å²) in [6.45, 7) is 0. The average molecular weight is 525 g/mol. The zero-order chi connectivity index (χ0) is 23.7. The number of rotatable bonds is 6. The van der Waals surface area contributed by atoms with E-state index in [1.165, 1.54) is 28.7 Å². The first-order valence-corrected chi connectivity index (χ1v) is 11.3. The van der Waals surface area contributed by atoms with Crippen LogP contribution in [0, 0.1) is 10.1 Å². The van der Waals surface area contributed by atoms with Crippen molar-refractivity contribution in [2.24, 2.45) is 0 Å². The molecule has 168 valence electrons. The summed E-state index contributed by atoms with van der Waals surface area (Å²) < 4.78 is 1.56. The third-order valence-electron chi connectivity index (χ3n) is 4.60. The van der Waals surface area contributed by atoms with E-state index in [0.29, 0.717) is 22.0 Å². The fourth-order valence-corrected chi connectivity index (χ4v) is 4.57. The Balaban J connectivity index is 1.57. The summed E-state index contributed by atoms with van der Waals surface area (Å²) in [6.07, 6.45) is 1.57. The molecular weight excluding hydrogens is 513 g/mol. The van der Waals surface area contributed by atoms with Crippen molar-refractivity contribution in [3.63, 3.8) is 0 Å². The number of anilines is 1. The first-order valence-electron chi connectivity index (χ1n) is 9.31. The second-order valence-corrected chi connectivity index (χ2v) is 8.99. The number of hydrogen-bond acceptors (Lipinski definition) is 7. The topological polar surface area (TPSA) is 120 Å². The number of hydrogen-bond donors (Lipinski definition) is 1. The highest BCUT2D eigenvalue weighted by molar-refractivity contribution is 7.15. The molecule has 33 heavy (non-hydrogen) atoms. The van der Waals surface area contributed by atoms with Gasteiger partial charge in [-0.15, -0.1) is 10.2 Å². The number of fused-ring (bicyclic) bond motifs is 1. The number of nitrogens with zero attached hydrogens (tertiary/aromatic N) is 4. The Labute approximate surface area is 204 Å². The van der Waals surface area contributed by atoms with Gasteiger partial charge in [0.2, 0.25) is 10.9 Å². The average Bonchev–Trinajstić information content (AvgIpc) is 3.31. The molecule has 0 bridgehead atoms. The maximum atomic E-state index is 12.9. The lowest BCUT2D eigenvalue weighted by Gasteiger charge is -2.08. The zero-order valence-electron chi connectivity index (χ0n) is 16.4. The second kappa shape index (κ2) is 9.44. The summed E-state index contributed by atoms with van der Waals surface area (Å²) in [7, 11) is 0. The monoisotopic (exact) mass is 523 g/mol. The van der Waals surface area contributed by atoms with Crippen molar-refractivity contribution in [3.05, 3.63) is 87.9 Å². The number of nitro benzene ring substituents is 1. The molecule has 0 radical (unpaired) electrons.